The summed E-state index contributed by atoms with van der Waals surface area (Å²) in [6.45, 7) is 5.57. The maximum Gasteiger partial charge on any atom is 0.410 e. The number of ether oxygens (including phenoxy) is 2. The number of hydrogen-bond acceptors (Lipinski definition) is 9. The molecular weight excluding hydrogens is 702 g/mol. The average Bonchev–Trinajstić information content (AvgIpc) is 3.93. The average molecular weight is 748 g/mol. The zero-order chi connectivity index (χ0) is 36.7. The predicted molar refractivity (Wildman–Crippen MR) is 186 cm³/mol. The van der Waals surface area contributed by atoms with E-state index in [2.05, 4.69) is 15.4 Å². The van der Waals surface area contributed by atoms with Crippen LogP contribution in [0.2, 0.25) is 5.02 Å². The maximum absolute atomic E-state index is 14.3. The number of nitrogens with zero attached hydrogens (tertiary/aromatic N) is 2. The van der Waals surface area contributed by atoms with E-state index in [4.69, 9.17) is 21.1 Å². The van der Waals surface area contributed by atoms with Crippen molar-refractivity contribution in [3.8, 4) is 0 Å². The number of alkyl carbamates (subject to hydrolysis) is 1. The fourth-order valence-electron chi connectivity index (χ4n) is 7.01. The lowest BCUT2D eigenvalue weighted by atomic mass is 10.0. The van der Waals surface area contributed by atoms with Crippen LogP contribution in [-0.2, 0) is 47.0 Å². The van der Waals surface area contributed by atoms with Gasteiger partial charge in [0.25, 0.3) is 5.91 Å². The number of benzene rings is 1. The van der Waals surface area contributed by atoms with Crippen molar-refractivity contribution >= 4 is 51.5 Å². The standard InChI is InChI=1S/C35H46ClN5O9S/c1-34(2,3)50-32(45)37-27-10-8-6-4-5-7-9-23-17-35(23,31(44)39-51(47,48)26-13-14-26)38-29(42)28-16-25(20-41(28)30(27)43)49-33(46)40-18-21-11-12-24(36)15-22(21)19-40/h7,9,11-12,15,23,25-28H,4-6,8,10,13-14,16-20H2,1-3H3,(H,37,45)(H,38,42)(H,39,44)/b9-7-/t23-,25-,27+,28+,35-/m1/s1. The number of rotatable bonds is 5. The predicted octanol–water partition coefficient (Wildman–Crippen LogP) is 3.66. The zero-order valence-corrected chi connectivity index (χ0v) is 30.7. The summed E-state index contributed by atoms with van der Waals surface area (Å²) in [7, 11) is -3.90. The quantitative estimate of drug-likeness (QED) is 0.379. The van der Waals surface area contributed by atoms with Crippen LogP contribution in [0.4, 0.5) is 9.59 Å². The Hall–Kier alpha value is -3.85. The Labute approximate surface area is 303 Å². The van der Waals surface area contributed by atoms with E-state index in [9.17, 15) is 32.4 Å². The number of fused-ring (bicyclic) bond motifs is 3. The first kappa shape index (κ1) is 36.9. The van der Waals surface area contributed by atoms with E-state index in [1.807, 2.05) is 18.2 Å². The molecule has 0 radical (unpaired) electrons. The topological polar surface area (TPSA) is 181 Å². The third-order valence-corrected chi connectivity index (χ3v) is 12.0. The smallest absolute Gasteiger partial charge is 0.410 e. The van der Waals surface area contributed by atoms with Crippen LogP contribution in [0.5, 0.6) is 0 Å². The van der Waals surface area contributed by atoms with Crippen LogP contribution >= 0.6 is 11.6 Å². The van der Waals surface area contributed by atoms with Crippen molar-refractivity contribution < 1.29 is 41.9 Å². The molecule has 0 unspecified atom stereocenters. The molecule has 278 valence electrons. The van der Waals surface area contributed by atoms with Gasteiger partial charge >= 0.3 is 12.2 Å². The first-order chi connectivity index (χ1) is 24.0. The summed E-state index contributed by atoms with van der Waals surface area (Å²) < 4.78 is 39.0. The first-order valence-corrected chi connectivity index (χ1v) is 19.5. The van der Waals surface area contributed by atoms with Gasteiger partial charge in [-0.1, -0.05) is 42.7 Å². The summed E-state index contributed by atoms with van der Waals surface area (Å²) in [5, 5.41) is 5.40. The summed E-state index contributed by atoms with van der Waals surface area (Å²) in [6.07, 6.45) is 5.54. The van der Waals surface area contributed by atoms with Crippen LogP contribution in [0.25, 0.3) is 0 Å². The highest BCUT2D eigenvalue weighted by molar-refractivity contribution is 7.91. The Bertz CT molecular complexity index is 1730. The van der Waals surface area contributed by atoms with Crippen LogP contribution in [-0.4, -0.2) is 89.2 Å². The summed E-state index contributed by atoms with van der Waals surface area (Å²) in [4.78, 5) is 71.1. The van der Waals surface area contributed by atoms with Crippen molar-refractivity contribution in [2.75, 3.05) is 6.54 Å². The van der Waals surface area contributed by atoms with Crippen LogP contribution < -0.4 is 15.4 Å². The number of amides is 5. The van der Waals surface area contributed by atoms with Gasteiger partial charge in [0.05, 0.1) is 11.8 Å². The molecule has 3 N–H and O–H groups in total. The first-order valence-electron chi connectivity index (χ1n) is 17.6. The van der Waals surface area contributed by atoms with E-state index in [0.717, 1.165) is 24.0 Å². The molecule has 5 amide bonds. The fraction of sp³-hybridized carbons (Fsp3) is 0.629. The minimum absolute atomic E-state index is 0.0757. The van der Waals surface area contributed by atoms with Crippen molar-refractivity contribution in [1.29, 1.82) is 0 Å². The van der Waals surface area contributed by atoms with Gasteiger partial charge in [-0.25, -0.2) is 18.0 Å². The van der Waals surface area contributed by atoms with Gasteiger partial charge in [0.2, 0.25) is 21.8 Å². The van der Waals surface area contributed by atoms with Gasteiger partial charge in [-0.2, -0.15) is 0 Å². The molecule has 0 spiro atoms. The molecule has 2 saturated carbocycles. The highest BCUT2D eigenvalue weighted by atomic mass is 35.5. The Morgan fingerprint density at radius 3 is 2.51 bits per heavy atom. The second-order valence-electron chi connectivity index (χ2n) is 15.2. The van der Waals surface area contributed by atoms with Crippen molar-refractivity contribution in [1.82, 2.24) is 25.2 Å². The number of halogens is 1. The minimum atomic E-state index is -3.90. The minimum Gasteiger partial charge on any atom is -0.444 e. The lowest BCUT2D eigenvalue weighted by Gasteiger charge is -2.30. The lowest BCUT2D eigenvalue weighted by molar-refractivity contribution is -0.141. The van der Waals surface area contributed by atoms with Gasteiger partial charge in [0.1, 0.15) is 29.3 Å². The van der Waals surface area contributed by atoms with Crippen LogP contribution in [0.15, 0.2) is 30.4 Å². The molecule has 14 nitrogen and oxygen atoms in total. The highest BCUT2D eigenvalue weighted by Crippen LogP contribution is 2.46. The van der Waals surface area contributed by atoms with Crippen LogP contribution in [0, 0.1) is 5.92 Å². The molecule has 1 saturated heterocycles. The third-order valence-electron chi connectivity index (χ3n) is 9.95. The lowest BCUT2D eigenvalue weighted by Crippen LogP contribution is -2.58. The number of sulfonamides is 1. The molecule has 2 aliphatic carbocycles. The summed E-state index contributed by atoms with van der Waals surface area (Å²) in [5.41, 5.74) is -0.528. The molecule has 16 heteroatoms. The van der Waals surface area contributed by atoms with E-state index in [1.54, 1.807) is 32.9 Å². The van der Waals surface area contributed by atoms with Crippen LogP contribution in [0.3, 0.4) is 0 Å². The van der Waals surface area contributed by atoms with Gasteiger partial charge < -0.3 is 25.0 Å². The van der Waals surface area contributed by atoms with E-state index >= 15 is 0 Å². The van der Waals surface area contributed by atoms with Gasteiger partial charge in [-0.3, -0.25) is 24.0 Å². The summed E-state index contributed by atoms with van der Waals surface area (Å²) >= 11 is 6.14. The van der Waals surface area contributed by atoms with Gasteiger partial charge in [0.15, 0.2) is 0 Å². The number of carbonyl (C=O) groups excluding carboxylic acids is 5. The van der Waals surface area contributed by atoms with Crippen molar-refractivity contribution in [3.63, 3.8) is 0 Å². The van der Waals surface area contributed by atoms with E-state index in [0.29, 0.717) is 37.3 Å². The van der Waals surface area contributed by atoms with Gasteiger partial charge in [-0.15, -0.1) is 0 Å². The highest BCUT2D eigenvalue weighted by Gasteiger charge is 2.62. The molecule has 5 atom stereocenters. The molecule has 1 aromatic carbocycles. The molecule has 3 aliphatic heterocycles. The molecule has 3 heterocycles. The summed E-state index contributed by atoms with van der Waals surface area (Å²) in [6, 6.07) is 3.16. The third kappa shape index (κ3) is 8.62. The Morgan fingerprint density at radius 1 is 1.04 bits per heavy atom. The van der Waals surface area contributed by atoms with E-state index in [-0.39, 0.29) is 32.4 Å². The van der Waals surface area contributed by atoms with Crippen LogP contribution in [0.1, 0.15) is 89.7 Å². The van der Waals surface area contributed by atoms with Crippen molar-refractivity contribution in [3.05, 3.63) is 46.5 Å². The van der Waals surface area contributed by atoms with Gasteiger partial charge in [-0.05, 0) is 82.6 Å². The van der Waals surface area contributed by atoms with Crippen molar-refractivity contribution in [2.24, 2.45) is 5.92 Å². The number of hydrogen-bond donors (Lipinski definition) is 3. The fourth-order valence-corrected chi connectivity index (χ4v) is 8.57. The molecule has 6 rings (SSSR count). The largest absolute Gasteiger partial charge is 0.444 e. The molecule has 3 fully saturated rings. The normalized spacial score (nSPS) is 28.9. The summed E-state index contributed by atoms with van der Waals surface area (Å²) in [5.74, 6) is -2.52. The number of allylic oxidation sites excluding steroid dienone is 1. The van der Waals surface area contributed by atoms with E-state index < -0.39 is 80.4 Å². The number of carbonyl (C=O) groups is 5. The zero-order valence-electron chi connectivity index (χ0n) is 29.1. The SMILES string of the molecule is CC(C)(C)OC(=O)N[C@H]1CCCCC/C=C\[C@@H]2C[C@@]2(C(=O)NS(=O)(=O)C2CC2)NC(=O)[C@@H]2C[C@@H](OC(=O)N3Cc4ccc(Cl)cc4C3)CN2C1=O. The molecular formula is C35H46ClN5O9S. The number of nitrogens with one attached hydrogen (secondary N) is 3. The van der Waals surface area contributed by atoms with Crippen molar-refractivity contribution in [2.45, 2.75) is 126 Å². The van der Waals surface area contributed by atoms with Gasteiger partial charge in [0, 0.05) is 30.5 Å². The Kier molecular flexibility index (Phi) is 10.3. The second kappa shape index (κ2) is 14.3. The molecule has 1 aromatic rings. The molecule has 0 aromatic heterocycles. The maximum atomic E-state index is 14.3. The monoisotopic (exact) mass is 747 g/mol. The molecule has 51 heavy (non-hydrogen) atoms. The Balaban J connectivity index is 1.25. The second-order valence-corrected chi connectivity index (χ2v) is 17.6. The van der Waals surface area contributed by atoms with E-state index in [1.165, 1.54) is 9.80 Å². The molecule has 5 aliphatic rings. The molecule has 0 bridgehead atoms. The Morgan fingerprint density at radius 2 is 1.78 bits per heavy atom.